The second kappa shape index (κ2) is 6.32. The average molecular weight is 299 g/mol. The van der Waals surface area contributed by atoms with Gasteiger partial charge in [0.25, 0.3) is 0 Å². The van der Waals surface area contributed by atoms with Gasteiger partial charge < -0.3 is 10.5 Å². The number of benzene rings is 2. The fourth-order valence-corrected chi connectivity index (χ4v) is 2.08. The number of alkyl halides is 3. The molecule has 6 heteroatoms. The molecule has 2 aromatic carbocycles. The Morgan fingerprint density at radius 1 is 1.10 bits per heavy atom. The van der Waals surface area contributed by atoms with Crippen molar-refractivity contribution in [3.8, 4) is 5.75 Å². The summed E-state index contributed by atoms with van der Waals surface area (Å²) in [4.78, 5) is 0. The van der Waals surface area contributed by atoms with Gasteiger partial charge in [-0.2, -0.15) is 0 Å². The molecule has 0 aliphatic rings. The minimum absolute atomic E-state index is 0.201. The Hall–Kier alpha value is -1.79. The van der Waals surface area contributed by atoms with E-state index in [1.165, 1.54) is 0 Å². The van der Waals surface area contributed by atoms with Crippen LogP contribution in [-0.2, 0) is 4.74 Å². The molecule has 0 radical (unpaired) electrons. The molecular weight excluding hydrogens is 283 g/mol. The molecule has 2 rings (SSSR count). The first-order valence-electron chi connectivity index (χ1n) is 6.49. The molecule has 0 spiro atoms. The van der Waals surface area contributed by atoms with Crippen molar-refractivity contribution in [1.29, 1.82) is 0 Å². The number of hydrogen-bond donors (Lipinski definition) is 1. The van der Waals surface area contributed by atoms with E-state index in [1.807, 2.05) is 36.4 Å². The maximum Gasteiger partial charge on any atom is 0.522 e. The summed E-state index contributed by atoms with van der Waals surface area (Å²) in [6.07, 6.45) is -4.65. The van der Waals surface area contributed by atoms with Crippen molar-refractivity contribution in [2.75, 3.05) is 13.2 Å². The number of rotatable bonds is 5. The zero-order chi connectivity index (χ0) is 15.5. The molecule has 0 fully saturated rings. The molecule has 0 saturated heterocycles. The van der Waals surface area contributed by atoms with Gasteiger partial charge in [0.1, 0.15) is 12.4 Å². The Morgan fingerprint density at radius 2 is 1.81 bits per heavy atom. The van der Waals surface area contributed by atoms with Gasteiger partial charge in [0.15, 0.2) is 0 Å². The zero-order valence-corrected chi connectivity index (χ0v) is 11.5. The molecule has 0 aliphatic carbocycles. The monoisotopic (exact) mass is 299 g/mol. The lowest BCUT2D eigenvalue weighted by molar-refractivity contribution is -0.325. The van der Waals surface area contributed by atoms with Gasteiger partial charge in [-0.3, -0.25) is 4.74 Å². The summed E-state index contributed by atoms with van der Waals surface area (Å²) in [5, 5.41) is 1.76. The normalized spacial score (nSPS) is 13.4. The Morgan fingerprint density at radius 3 is 2.48 bits per heavy atom. The van der Waals surface area contributed by atoms with Crippen molar-refractivity contribution in [3.63, 3.8) is 0 Å². The lowest BCUT2D eigenvalue weighted by Gasteiger charge is -2.17. The molecule has 0 heterocycles. The minimum atomic E-state index is -4.65. The third-order valence-corrected chi connectivity index (χ3v) is 3.00. The molecule has 21 heavy (non-hydrogen) atoms. The molecule has 0 bridgehead atoms. The van der Waals surface area contributed by atoms with Crippen molar-refractivity contribution < 1.29 is 22.6 Å². The van der Waals surface area contributed by atoms with Gasteiger partial charge in [0.2, 0.25) is 0 Å². The predicted molar refractivity (Wildman–Crippen MR) is 74.1 cm³/mol. The third-order valence-electron chi connectivity index (χ3n) is 3.00. The molecular formula is C15H16F3NO2. The second-order valence-corrected chi connectivity index (χ2v) is 4.64. The van der Waals surface area contributed by atoms with Crippen molar-refractivity contribution in [2.24, 2.45) is 5.73 Å². The standard InChI is InChI=1S/C15H16F3NO2/c1-10(19)12-7-6-11-4-2-3-5-13(11)14(12)20-8-9-21-15(16,17)18/h2-7,10H,8-9,19H2,1H3. The first-order chi connectivity index (χ1) is 9.88. The Labute approximate surface area is 120 Å². The highest BCUT2D eigenvalue weighted by Crippen LogP contribution is 2.33. The zero-order valence-electron chi connectivity index (χ0n) is 11.5. The van der Waals surface area contributed by atoms with Gasteiger partial charge in [-0.25, -0.2) is 0 Å². The molecule has 2 aromatic rings. The highest BCUT2D eigenvalue weighted by atomic mass is 19.4. The number of hydrogen-bond acceptors (Lipinski definition) is 3. The molecule has 0 aliphatic heterocycles. The summed E-state index contributed by atoms with van der Waals surface area (Å²) in [6.45, 7) is 1.03. The van der Waals surface area contributed by atoms with Crippen LogP contribution >= 0.6 is 0 Å². The summed E-state index contributed by atoms with van der Waals surface area (Å²) in [7, 11) is 0. The van der Waals surface area contributed by atoms with E-state index >= 15 is 0 Å². The Balaban J connectivity index is 2.21. The van der Waals surface area contributed by atoms with Crippen LogP contribution in [0.25, 0.3) is 10.8 Å². The maximum atomic E-state index is 11.9. The quantitative estimate of drug-likeness (QED) is 0.855. The molecule has 114 valence electrons. The number of halogens is 3. The first kappa shape index (κ1) is 15.6. The number of nitrogens with two attached hydrogens (primary N) is 1. The fourth-order valence-electron chi connectivity index (χ4n) is 2.08. The third kappa shape index (κ3) is 4.09. The lowest BCUT2D eigenvalue weighted by Crippen LogP contribution is -2.19. The van der Waals surface area contributed by atoms with E-state index in [-0.39, 0.29) is 12.6 Å². The van der Waals surface area contributed by atoms with E-state index in [4.69, 9.17) is 10.5 Å². The van der Waals surface area contributed by atoms with Gasteiger partial charge in [0.05, 0.1) is 6.61 Å². The summed E-state index contributed by atoms with van der Waals surface area (Å²) >= 11 is 0. The van der Waals surface area contributed by atoms with Crippen molar-refractivity contribution in [2.45, 2.75) is 19.3 Å². The van der Waals surface area contributed by atoms with E-state index in [0.29, 0.717) is 5.75 Å². The predicted octanol–water partition coefficient (Wildman–Crippen LogP) is 3.77. The van der Waals surface area contributed by atoms with Crippen LogP contribution in [0.5, 0.6) is 5.75 Å². The van der Waals surface area contributed by atoms with Crippen LogP contribution in [0.3, 0.4) is 0 Å². The smallest absolute Gasteiger partial charge is 0.490 e. The van der Waals surface area contributed by atoms with Crippen LogP contribution in [-0.4, -0.2) is 19.6 Å². The highest BCUT2D eigenvalue weighted by Gasteiger charge is 2.28. The van der Waals surface area contributed by atoms with Gasteiger partial charge in [-0.1, -0.05) is 36.4 Å². The van der Waals surface area contributed by atoms with Gasteiger partial charge in [-0.05, 0) is 12.3 Å². The summed E-state index contributed by atoms with van der Waals surface area (Å²) in [5.41, 5.74) is 6.64. The SMILES string of the molecule is CC(N)c1ccc2ccccc2c1OCCOC(F)(F)F. The van der Waals surface area contributed by atoms with Crippen molar-refractivity contribution >= 4 is 10.8 Å². The second-order valence-electron chi connectivity index (χ2n) is 4.64. The Kier molecular flexibility index (Phi) is 4.69. The van der Waals surface area contributed by atoms with E-state index in [0.717, 1.165) is 16.3 Å². The van der Waals surface area contributed by atoms with Crippen LogP contribution in [0.15, 0.2) is 36.4 Å². The van der Waals surface area contributed by atoms with Crippen LogP contribution in [0.2, 0.25) is 0 Å². The van der Waals surface area contributed by atoms with Gasteiger partial charge in [0, 0.05) is 17.0 Å². The van der Waals surface area contributed by atoms with Crippen LogP contribution in [0.1, 0.15) is 18.5 Å². The molecule has 0 aromatic heterocycles. The topological polar surface area (TPSA) is 44.5 Å². The Bertz CT molecular complexity index is 611. The van der Waals surface area contributed by atoms with Crippen LogP contribution < -0.4 is 10.5 Å². The molecule has 0 saturated carbocycles. The minimum Gasteiger partial charge on any atom is -0.490 e. The van der Waals surface area contributed by atoms with E-state index in [2.05, 4.69) is 4.74 Å². The van der Waals surface area contributed by atoms with Crippen molar-refractivity contribution in [1.82, 2.24) is 0 Å². The lowest BCUT2D eigenvalue weighted by atomic mass is 10.0. The average Bonchev–Trinajstić information content (AvgIpc) is 2.42. The fraction of sp³-hybridized carbons (Fsp3) is 0.333. The van der Waals surface area contributed by atoms with Crippen LogP contribution in [0.4, 0.5) is 13.2 Å². The van der Waals surface area contributed by atoms with Gasteiger partial charge >= 0.3 is 6.36 Å². The maximum absolute atomic E-state index is 11.9. The number of fused-ring (bicyclic) bond motifs is 1. The summed E-state index contributed by atoms with van der Waals surface area (Å²) in [5.74, 6) is 0.508. The molecule has 1 unspecified atom stereocenters. The molecule has 1 atom stereocenters. The molecule has 2 N–H and O–H groups in total. The summed E-state index contributed by atoms with van der Waals surface area (Å²) in [6, 6.07) is 10.9. The van der Waals surface area contributed by atoms with E-state index in [1.54, 1.807) is 6.92 Å². The van der Waals surface area contributed by atoms with Gasteiger partial charge in [-0.15, -0.1) is 13.2 Å². The van der Waals surface area contributed by atoms with E-state index in [9.17, 15) is 13.2 Å². The first-order valence-corrected chi connectivity index (χ1v) is 6.49. The molecule has 0 amide bonds. The van der Waals surface area contributed by atoms with Crippen LogP contribution in [0, 0.1) is 0 Å². The highest BCUT2D eigenvalue weighted by molar-refractivity contribution is 5.89. The van der Waals surface area contributed by atoms with Crippen molar-refractivity contribution in [3.05, 3.63) is 42.0 Å². The molecule has 3 nitrogen and oxygen atoms in total. The largest absolute Gasteiger partial charge is 0.522 e. The number of ether oxygens (including phenoxy) is 2. The van der Waals surface area contributed by atoms with E-state index < -0.39 is 13.0 Å². The summed E-state index contributed by atoms with van der Waals surface area (Å²) < 4.78 is 45.0.